The Balaban J connectivity index is 2.00. The van der Waals surface area contributed by atoms with Crippen molar-refractivity contribution in [2.24, 2.45) is 5.10 Å². The van der Waals surface area contributed by atoms with Crippen LogP contribution in [0, 0.1) is 4.77 Å². The molecule has 2 aromatic carbocycles. The molecular weight excluding hydrogens is 383 g/mol. The normalized spacial score (nSPS) is 11.2. The topological polar surface area (TPSA) is 75.4 Å². The van der Waals surface area contributed by atoms with Gasteiger partial charge in [0, 0.05) is 10.6 Å². The van der Waals surface area contributed by atoms with Gasteiger partial charge in [0.1, 0.15) is 0 Å². The van der Waals surface area contributed by atoms with Crippen molar-refractivity contribution in [3.63, 3.8) is 0 Å². The van der Waals surface area contributed by atoms with E-state index in [0.717, 1.165) is 0 Å². The number of nitrogens with zero attached hydrogens (tertiary/aromatic N) is 3. The van der Waals surface area contributed by atoms with Crippen LogP contribution in [-0.4, -0.2) is 33.3 Å². The Labute approximate surface area is 158 Å². The molecule has 128 valence electrons. The lowest BCUT2D eigenvalue weighted by atomic mass is 10.2. The summed E-state index contributed by atoms with van der Waals surface area (Å²) < 4.78 is 6.75. The minimum absolute atomic E-state index is 0.0169. The van der Waals surface area contributed by atoms with E-state index in [-0.39, 0.29) is 5.75 Å². The third-order valence-corrected chi connectivity index (χ3v) is 4.16. The van der Waals surface area contributed by atoms with Crippen LogP contribution in [0.2, 0.25) is 10.0 Å². The zero-order chi connectivity index (χ0) is 18.0. The minimum Gasteiger partial charge on any atom is -0.504 e. The first-order chi connectivity index (χ1) is 12.0. The van der Waals surface area contributed by atoms with Crippen LogP contribution in [0.1, 0.15) is 5.56 Å². The lowest BCUT2D eigenvalue weighted by molar-refractivity contribution is 0.373. The van der Waals surface area contributed by atoms with Crippen molar-refractivity contribution in [1.82, 2.24) is 14.9 Å². The first kappa shape index (κ1) is 17.5. The van der Waals surface area contributed by atoms with E-state index >= 15 is 0 Å². The Morgan fingerprint density at radius 3 is 2.76 bits per heavy atom. The molecule has 0 aliphatic rings. The highest BCUT2D eigenvalue weighted by molar-refractivity contribution is 7.71. The van der Waals surface area contributed by atoms with E-state index in [1.807, 2.05) is 0 Å². The lowest BCUT2D eigenvalue weighted by Crippen LogP contribution is -1.96. The molecule has 0 saturated heterocycles. The number of hydrogen-bond acceptors (Lipinski definition) is 5. The number of aromatic amines is 1. The average Bonchev–Trinajstić information content (AvgIpc) is 2.94. The molecule has 0 fully saturated rings. The second-order valence-corrected chi connectivity index (χ2v) is 6.19. The maximum absolute atomic E-state index is 9.84. The highest BCUT2D eigenvalue weighted by Crippen LogP contribution is 2.29. The Bertz CT molecular complexity index is 1010. The molecule has 0 aliphatic heterocycles. The number of nitrogens with one attached hydrogen (secondary N) is 1. The molecule has 25 heavy (non-hydrogen) atoms. The molecule has 2 N–H and O–H groups in total. The van der Waals surface area contributed by atoms with Crippen LogP contribution in [0.3, 0.4) is 0 Å². The van der Waals surface area contributed by atoms with Crippen molar-refractivity contribution in [3.05, 3.63) is 56.8 Å². The summed E-state index contributed by atoms with van der Waals surface area (Å²) in [5, 5.41) is 22.0. The van der Waals surface area contributed by atoms with Crippen molar-refractivity contribution in [1.29, 1.82) is 0 Å². The van der Waals surface area contributed by atoms with Crippen molar-refractivity contribution in [2.45, 2.75) is 0 Å². The van der Waals surface area contributed by atoms with E-state index in [2.05, 4.69) is 15.3 Å². The van der Waals surface area contributed by atoms with Crippen LogP contribution in [-0.2, 0) is 0 Å². The zero-order valence-electron chi connectivity index (χ0n) is 12.9. The maximum Gasteiger partial charge on any atom is 0.216 e. The Morgan fingerprint density at radius 1 is 1.28 bits per heavy atom. The molecule has 0 unspecified atom stereocenters. The quantitative estimate of drug-likeness (QED) is 0.504. The number of hydrogen-bond donors (Lipinski definition) is 2. The van der Waals surface area contributed by atoms with E-state index < -0.39 is 0 Å². The monoisotopic (exact) mass is 394 g/mol. The van der Waals surface area contributed by atoms with Gasteiger partial charge in [-0.3, -0.25) is 0 Å². The molecule has 0 atom stereocenters. The summed E-state index contributed by atoms with van der Waals surface area (Å²) in [5.41, 5.74) is 1.29. The molecule has 3 aromatic rings. The number of rotatable bonds is 4. The number of aromatic nitrogens is 3. The van der Waals surface area contributed by atoms with Crippen molar-refractivity contribution in [3.8, 4) is 22.9 Å². The van der Waals surface area contributed by atoms with Crippen LogP contribution in [0.4, 0.5) is 0 Å². The molecule has 0 radical (unpaired) electrons. The van der Waals surface area contributed by atoms with Crippen molar-refractivity contribution < 1.29 is 9.84 Å². The molecule has 6 nitrogen and oxygen atoms in total. The Hall–Kier alpha value is -2.35. The number of phenolic OH excluding ortho intramolecular Hbond substituents is 1. The number of aromatic hydroxyl groups is 1. The highest BCUT2D eigenvalue weighted by atomic mass is 35.5. The fourth-order valence-corrected chi connectivity index (χ4v) is 2.83. The Morgan fingerprint density at radius 2 is 2.08 bits per heavy atom. The van der Waals surface area contributed by atoms with Crippen LogP contribution in [0.25, 0.3) is 11.4 Å². The van der Waals surface area contributed by atoms with E-state index in [4.69, 9.17) is 40.2 Å². The molecule has 0 amide bonds. The van der Waals surface area contributed by atoms with Crippen molar-refractivity contribution in [2.75, 3.05) is 7.11 Å². The van der Waals surface area contributed by atoms with Gasteiger partial charge < -0.3 is 9.84 Å². The predicted octanol–water partition coefficient (Wildman–Crippen LogP) is 4.51. The van der Waals surface area contributed by atoms with Gasteiger partial charge in [-0.1, -0.05) is 23.2 Å². The summed E-state index contributed by atoms with van der Waals surface area (Å²) in [6.45, 7) is 0. The standard InChI is InChI=1S/C16H12Cl2N4O2S/c1-24-14-5-2-9(6-13(14)23)8-19-22-15(20-21-16(22)25)11-4-3-10(17)7-12(11)18/h2-8,23H,1H3,(H,21,25)/b19-8-. The zero-order valence-corrected chi connectivity index (χ0v) is 15.2. The fourth-order valence-electron chi connectivity index (χ4n) is 2.16. The highest BCUT2D eigenvalue weighted by Gasteiger charge is 2.12. The van der Waals surface area contributed by atoms with Crippen LogP contribution >= 0.6 is 35.4 Å². The van der Waals surface area contributed by atoms with E-state index in [1.165, 1.54) is 24.1 Å². The number of H-pyrrole nitrogens is 1. The second kappa shape index (κ2) is 7.26. The fraction of sp³-hybridized carbons (Fsp3) is 0.0625. The number of benzene rings is 2. The van der Waals surface area contributed by atoms with Gasteiger partial charge in [0.2, 0.25) is 4.77 Å². The summed E-state index contributed by atoms with van der Waals surface area (Å²) in [5.74, 6) is 0.842. The van der Waals surface area contributed by atoms with E-state index in [0.29, 0.717) is 37.5 Å². The minimum atomic E-state index is 0.0169. The van der Waals surface area contributed by atoms with Gasteiger partial charge in [0.15, 0.2) is 17.3 Å². The maximum atomic E-state index is 9.84. The van der Waals surface area contributed by atoms with Crippen LogP contribution in [0.15, 0.2) is 41.5 Å². The molecule has 3 rings (SSSR count). The SMILES string of the molecule is COc1ccc(/C=N\n2c(-c3ccc(Cl)cc3Cl)n[nH]c2=S)cc1O. The van der Waals surface area contributed by atoms with Gasteiger partial charge in [-0.15, -0.1) is 0 Å². The number of ether oxygens (including phenoxy) is 1. The summed E-state index contributed by atoms with van der Waals surface area (Å²) >= 11 is 17.4. The van der Waals surface area contributed by atoms with Crippen molar-refractivity contribution >= 4 is 41.6 Å². The molecule has 0 aliphatic carbocycles. The van der Waals surface area contributed by atoms with Crippen LogP contribution in [0.5, 0.6) is 11.5 Å². The smallest absolute Gasteiger partial charge is 0.216 e. The van der Waals surface area contributed by atoms with E-state index in [1.54, 1.807) is 30.3 Å². The molecule has 0 bridgehead atoms. The third kappa shape index (κ3) is 3.68. The summed E-state index contributed by atoms with van der Waals surface area (Å²) in [7, 11) is 1.48. The van der Waals surface area contributed by atoms with Gasteiger partial charge in [-0.05, 0) is 54.2 Å². The molecule has 1 heterocycles. The molecule has 0 saturated carbocycles. The third-order valence-electron chi connectivity index (χ3n) is 3.35. The molecule has 1 aromatic heterocycles. The van der Waals surface area contributed by atoms with Crippen LogP contribution < -0.4 is 4.74 Å². The predicted molar refractivity (Wildman–Crippen MR) is 101 cm³/mol. The van der Waals surface area contributed by atoms with Gasteiger partial charge in [0.25, 0.3) is 0 Å². The first-order valence-electron chi connectivity index (χ1n) is 7.04. The summed E-state index contributed by atoms with van der Waals surface area (Å²) in [6, 6.07) is 9.98. The van der Waals surface area contributed by atoms with E-state index in [9.17, 15) is 5.11 Å². The molecule has 0 spiro atoms. The summed E-state index contributed by atoms with van der Waals surface area (Å²) in [4.78, 5) is 0. The number of methoxy groups -OCH3 is 1. The van der Waals surface area contributed by atoms with Gasteiger partial charge in [-0.25, -0.2) is 5.10 Å². The molecular formula is C16H12Cl2N4O2S. The first-order valence-corrected chi connectivity index (χ1v) is 8.20. The molecule has 9 heteroatoms. The van der Waals surface area contributed by atoms with Gasteiger partial charge in [0.05, 0.1) is 18.3 Å². The lowest BCUT2D eigenvalue weighted by Gasteiger charge is -2.05. The number of halogens is 2. The van der Waals surface area contributed by atoms with Gasteiger partial charge >= 0.3 is 0 Å². The van der Waals surface area contributed by atoms with Gasteiger partial charge in [-0.2, -0.15) is 14.9 Å². The average molecular weight is 395 g/mol. The largest absolute Gasteiger partial charge is 0.504 e. The summed E-state index contributed by atoms with van der Waals surface area (Å²) in [6.07, 6.45) is 1.54. The Kier molecular flexibility index (Phi) is 5.08. The number of phenols is 1. The second-order valence-electron chi connectivity index (χ2n) is 4.96.